The van der Waals surface area contributed by atoms with Gasteiger partial charge in [0.2, 0.25) is 0 Å². The van der Waals surface area contributed by atoms with Gasteiger partial charge in [-0.25, -0.2) is 9.50 Å². The lowest BCUT2D eigenvalue weighted by molar-refractivity contribution is -0.143. The summed E-state index contributed by atoms with van der Waals surface area (Å²) in [6, 6.07) is 17.8. The van der Waals surface area contributed by atoms with E-state index < -0.39 is 23.3 Å². The van der Waals surface area contributed by atoms with Crippen molar-refractivity contribution in [3.63, 3.8) is 0 Å². The molecular formula is C26H24F3N5O2. The second kappa shape index (κ2) is 9.62. The molecule has 186 valence electrons. The minimum absolute atomic E-state index is 0.0115. The van der Waals surface area contributed by atoms with Gasteiger partial charge in [-0.2, -0.15) is 18.3 Å². The standard InChI is InChI=1S/C26H24F3N5O2/c1-36-20-9-7-19(8-10-20)23-22(24(26(27,28)29)34-21(31-23)11-12-30-34)25(35)33-15-13-32(14-16-33)17-18-5-3-2-4-6-18/h2-12H,13-17H2,1H3. The molecule has 2 aromatic heterocycles. The van der Waals surface area contributed by atoms with E-state index in [9.17, 15) is 18.0 Å². The van der Waals surface area contributed by atoms with Gasteiger partial charge < -0.3 is 9.64 Å². The number of alkyl halides is 3. The zero-order valence-corrected chi connectivity index (χ0v) is 19.6. The molecule has 0 radical (unpaired) electrons. The summed E-state index contributed by atoms with van der Waals surface area (Å²) < 4.78 is 49.1. The number of carbonyl (C=O) groups is 1. The number of benzene rings is 2. The van der Waals surface area contributed by atoms with Crippen LogP contribution < -0.4 is 4.74 Å². The molecule has 7 nitrogen and oxygen atoms in total. The van der Waals surface area contributed by atoms with Gasteiger partial charge in [0.05, 0.1) is 24.6 Å². The average molecular weight is 496 g/mol. The van der Waals surface area contributed by atoms with Crippen LogP contribution in [-0.2, 0) is 12.7 Å². The van der Waals surface area contributed by atoms with E-state index >= 15 is 0 Å². The third kappa shape index (κ3) is 4.64. The number of methoxy groups -OCH3 is 1. The van der Waals surface area contributed by atoms with Gasteiger partial charge in [0, 0.05) is 44.4 Å². The zero-order chi connectivity index (χ0) is 25.3. The second-order valence-corrected chi connectivity index (χ2v) is 8.57. The predicted molar refractivity (Wildman–Crippen MR) is 128 cm³/mol. The Morgan fingerprint density at radius 2 is 1.67 bits per heavy atom. The number of fused-ring (bicyclic) bond motifs is 1. The lowest BCUT2D eigenvalue weighted by atomic mass is 10.0. The van der Waals surface area contributed by atoms with Crippen molar-refractivity contribution >= 4 is 11.6 Å². The van der Waals surface area contributed by atoms with E-state index in [-0.39, 0.29) is 11.3 Å². The van der Waals surface area contributed by atoms with Crippen molar-refractivity contribution in [3.05, 3.63) is 83.7 Å². The molecule has 3 heterocycles. The number of halogens is 3. The molecule has 0 N–H and O–H groups in total. The van der Waals surface area contributed by atoms with Crippen molar-refractivity contribution in [2.24, 2.45) is 0 Å². The number of aromatic nitrogens is 3. The zero-order valence-electron chi connectivity index (χ0n) is 19.6. The third-order valence-electron chi connectivity index (χ3n) is 6.29. The van der Waals surface area contributed by atoms with Crippen LogP contribution in [0.4, 0.5) is 13.2 Å². The van der Waals surface area contributed by atoms with Crippen LogP contribution in [0.25, 0.3) is 16.9 Å². The molecule has 1 aliphatic heterocycles. The number of rotatable bonds is 5. The average Bonchev–Trinajstić information content (AvgIpc) is 3.36. The van der Waals surface area contributed by atoms with Crippen molar-refractivity contribution in [3.8, 4) is 17.0 Å². The fourth-order valence-electron chi connectivity index (χ4n) is 4.47. The Bertz CT molecular complexity index is 1360. The van der Waals surface area contributed by atoms with E-state index in [4.69, 9.17) is 4.74 Å². The first-order valence-corrected chi connectivity index (χ1v) is 11.5. The second-order valence-electron chi connectivity index (χ2n) is 8.57. The van der Waals surface area contributed by atoms with Gasteiger partial charge in [-0.3, -0.25) is 9.69 Å². The highest BCUT2D eigenvalue weighted by molar-refractivity contribution is 6.01. The maximum atomic E-state index is 14.4. The van der Waals surface area contributed by atoms with Crippen molar-refractivity contribution in [1.29, 1.82) is 0 Å². The number of hydrogen-bond donors (Lipinski definition) is 0. The fourth-order valence-corrected chi connectivity index (χ4v) is 4.47. The summed E-state index contributed by atoms with van der Waals surface area (Å²) in [6.07, 6.45) is -3.58. The summed E-state index contributed by atoms with van der Waals surface area (Å²) in [5, 5.41) is 3.83. The Labute approximate surface area is 205 Å². The molecule has 5 rings (SSSR count). The number of ether oxygens (including phenoxy) is 1. The summed E-state index contributed by atoms with van der Waals surface area (Å²) in [5.74, 6) is -0.167. The Morgan fingerprint density at radius 3 is 2.31 bits per heavy atom. The monoisotopic (exact) mass is 495 g/mol. The van der Waals surface area contributed by atoms with Crippen LogP contribution in [0.3, 0.4) is 0 Å². The molecule has 1 aliphatic rings. The summed E-state index contributed by atoms with van der Waals surface area (Å²) in [5.41, 5.74) is -0.115. The Hall–Kier alpha value is -3.92. The van der Waals surface area contributed by atoms with Gasteiger partial charge in [-0.15, -0.1) is 0 Å². The summed E-state index contributed by atoms with van der Waals surface area (Å²) >= 11 is 0. The van der Waals surface area contributed by atoms with Crippen LogP contribution in [0.5, 0.6) is 5.75 Å². The molecule has 1 saturated heterocycles. The highest BCUT2D eigenvalue weighted by atomic mass is 19.4. The quantitative estimate of drug-likeness (QED) is 0.411. The topological polar surface area (TPSA) is 63.0 Å². The normalized spacial score (nSPS) is 14.8. The fraction of sp³-hybridized carbons (Fsp3) is 0.269. The van der Waals surface area contributed by atoms with Crippen LogP contribution >= 0.6 is 0 Å². The van der Waals surface area contributed by atoms with Gasteiger partial charge in [0.1, 0.15) is 5.75 Å². The van der Waals surface area contributed by atoms with Gasteiger partial charge in [-0.1, -0.05) is 30.3 Å². The Morgan fingerprint density at radius 1 is 0.972 bits per heavy atom. The molecule has 0 aliphatic carbocycles. The third-order valence-corrected chi connectivity index (χ3v) is 6.29. The molecule has 0 unspecified atom stereocenters. The number of carbonyl (C=O) groups excluding carboxylic acids is 1. The van der Waals surface area contributed by atoms with Crippen LogP contribution in [-0.4, -0.2) is 63.6 Å². The highest BCUT2D eigenvalue weighted by Gasteiger charge is 2.42. The molecule has 0 bridgehead atoms. The molecule has 1 fully saturated rings. The van der Waals surface area contributed by atoms with Gasteiger partial charge >= 0.3 is 6.18 Å². The molecule has 4 aromatic rings. The van der Waals surface area contributed by atoms with E-state index in [2.05, 4.69) is 15.0 Å². The molecule has 0 spiro atoms. The summed E-state index contributed by atoms with van der Waals surface area (Å²) in [4.78, 5) is 21.8. The van der Waals surface area contributed by atoms with E-state index in [1.807, 2.05) is 30.3 Å². The van der Waals surface area contributed by atoms with E-state index in [0.717, 1.165) is 5.56 Å². The number of nitrogens with zero attached hydrogens (tertiary/aromatic N) is 5. The molecule has 1 amide bonds. The largest absolute Gasteiger partial charge is 0.497 e. The molecule has 10 heteroatoms. The minimum atomic E-state index is -4.82. The number of hydrogen-bond acceptors (Lipinski definition) is 5. The minimum Gasteiger partial charge on any atom is -0.497 e. The SMILES string of the molecule is COc1ccc(-c2nc3ccnn3c(C(F)(F)F)c2C(=O)N2CCN(Cc3ccccc3)CC2)cc1. The van der Waals surface area contributed by atoms with Crippen LogP contribution in [0.15, 0.2) is 66.9 Å². The number of piperazine rings is 1. The van der Waals surface area contributed by atoms with Crippen LogP contribution in [0, 0.1) is 0 Å². The van der Waals surface area contributed by atoms with Gasteiger partial charge in [0.15, 0.2) is 11.3 Å². The molecule has 0 atom stereocenters. The van der Waals surface area contributed by atoms with Gasteiger partial charge in [-0.05, 0) is 29.8 Å². The molecule has 36 heavy (non-hydrogen) atoms. The Kier molecular flexibility index (Phi) is 6.36. The van der Waals surface area contributed by atoms with Crippen molar-refractivity contribution in [2.45, 2.75) is 12.7 Å². The first kappa shape index (κ1) is 23.8. The smallest absolute Gasteiger partial charge is 0.434 e. The molecule has 2 aromatic carbocycles. The van der Waals surface area contributed by atoms with E-state index in [0.29, 0.717) is 48.6 Å². The van der Waals surface area contributed by atoms with Crippen LogP contribution in [0.2, 0.25) is 0 Å². The maximum Gasteiger partial charge on any atom is 0.434 e. The van der Waals surface area contributed by atoms with Crippen molar-refractivity contribution in [2.75, 3.05) is 33.3 Å². The van der Waals surface area contributed by atoms with Crippen molar-refractivity contribution < 1.29 is 22.7 Å². The van der Waals surface area contributed by atoms with E-state index in [1.54, 1.807) is 24.3 Å². The molecule has 0 saturated carbocycles. The number of amides is 1. The van der Waals surface area contributed by atoms with Crippen molar-refractivity contribution in [1.82, 2.24) is 24.4 Å². The van der Waals surface area contributed by atoms with Crippen LogP contribution in [0.1, 0.15) is 21.6 Å². The van der Waals surface area contributed by atoms with Gasteiger partial charge in [0.25, 0.3) is 5.91 Å². The highest BCUT2D eigenvalue weighted by Crippen LogP contribution is 2.37. The summed E-state index contributed by atoms with van der Waals surface area (Å²) in [6.45, 7) is 2.44. The first-order valence-electron chi connectivity index (χ1n) is 11.5. The lowest BCUT2D eigenvalue weighted by Gasteiger charge is -2.35. The first-order chi connectivity index (χ1) is 17.3. The lowest BCUT2D eigenvalue weighted by Crippen LogP contribution is -2.48. The van der Waals surface area contributed by atoms with E-state index in [1.165, 1.54) is 24.3 Å². The predicted octanol–water partition coefficient (Wildman–Crippen LogP) is 4.38. The Balaban J connectivity index is 1.51. The molecular weight excluding hydrogens is 471 g/mol. The summed E-state index contributed by atoms with van der Waals surface area (Å²) in [7, 11) is 1.50. The maximum absolute atomic E-state index is 14.4.